The highest BCUT2D eigenvalue weighted by molar-refractivity contribution is 5.76. The van der Waals surface area contributed by atoms with Crippen LogP contribution in [-0.2, 0) is 21.0 Å². The molecule has 0 aliphatic rings. The Kier molecular flexibility index (Phi) is 4.89. The van der Waals surface area contributed by atoms with Gasteiger partial charge in [0.2, 0.25) is 11.8 Å². The van der Waals surface area contributed by atoms with Crippen molar-refractivity contribution >= 4 is 11.8 Å². The van der Waals surface area contributed by atoms with Crippen molar-refractivity contribution < 1.29 is 14.4 Å². The Bertz CT molecular complexity index is 455. The van der Waals surface area contributed by atoms with Crippen LogP contribution in [0.15, 0.2) is 29.2 Å². The highest BCUT2D eigenvalue weighted by atomic mass is 16.7. The van der Waals surface area contributed by atoms with Gasteiger partial charge in [0.15, 0.2) is 6.61 Å². The van der Waals surface area contributed by atoms with E-state index >= 15 is 0 Å². The van der Waals surface area contributed by atoms with Gasteiger partial charge >= 0.3 is 0 Å². The van der Waals surface area contributed by atoms with Crippen molar-refractivity contribution in [1.82, 2.24) is 10.0 Å². The number of nitrogens with zero attached hydrogens (tertiary/aromatic N) is 1. The molecule has 1 aromatic heterocycles. The highest BCUT2D eigenvalue weighted by Crippen LogP contribution is 1.87. The molecule has 1 rings (SSSR count). The molecule has 0 aromatic carbocycles. The summed E-state index contributed by atoms with van der Waals surface area (Å²) in [5, 5.41) is 0. The zero-order valence-electron chi connectivity index (χ0n) is 9.09. The minimum atomic E-state index is -0.676. The molecule has 0 aliphatic carbocycles. The molecule has 0 atom stereocenters. The van der Waals surface area contributed by atoms with Crippen molar-refractivity contribution in [2.45, 2.75) is 13.0 Å². The van der Waals surface area contributed by atoms with E-state index in [-0.39, 0.29) is 25.1 Å². The summed E-state index contributed by atoms with van der Waals surface area (Å²) in [7, 11) is 0. The van der Waals surface area contributed by atoms with Gasteiger partial charge in [0, 0.05) is 25.2 Å². The Morgan fingerprint density at radius 3 is 2.82 bits per heavy atom. The Morgan fingerprint density at radius 2 is 2.18 bits per heavy atom. The zero-order valence-corrected chi connectivity index (χ0v) is 9.09. The summed E-state index contributed by atoms with van der Waals surface area (Å²) in [5.74, 6) is -1.11. The predicted molar refractivity (Wildman–Crippen MR) is 58.6 cm³/mol. The minimum Gasteiger partial charge on any atom is -0.368 e. The number of aromatic nitrogens is 1. The lowest BCUT2D eigenvalue weighted by atomic mass is 10.4. The summed E-state index contributed by atoms with van der Waals surface area (Å²) in [4.78, 5) is 37.3. The van der Waals surface area contributed by atoms with Crippen LogP contribution in [0.3, 0.4) is 0 Å². The third-order valence-corrected chi connectivity index (χ3v) is 1.88. The highest BCUT2D eigenvalue weighted by Gasteiger charge is 2.03. The van der Waals surface area contributed by atoms with Crippen LogP contribution in [0.25, 0.3) is 0 Å². The standard InChI is InChI=1S/C10H13N3O4/c11-8(14)7-17-12-9(15)4-6-13-5-2-1-3-10(13)16/h1-3,5H,4,6-7H2,(H2,11,14)(H,12,15). The van der Waals surface area contributed by atoms with Crippen LogP contribution < -0.4 is 16.8 Å². The molecule has 0 unspecified atom stereocenters. The van der Waals surface area contributed by atoms with Gasteiger partial charge in [0.25, 0.3) is 5.56 Å². The smallest absolute Gasteiger partial charge is 0.250 e. The molecule has 0 radical (unpaired) electrons. The van der Waals surface area contributed by atoms with Gasteiger partial charge in [0.05, 0.1) is 0 Å². The molecule has 3 N–H and O–H groups in total. The lowest BCUT2D eigenvalue weighted by Crippen LogP contribution is -2.30. The molecule has 0 saturated heterocycles. The molecule has 7 heteroatoms. The Morgan fingerprint density at radius 1 is 1.41 bits per heavy atom. The van der Waals surface area contributed by atoms with Crippen molar-refractivity contribution in [2.24, 2.45) is 5.73 Å². The summed E-state index contributed by atoms with van der Waals surface area (Å²) >= 11 is 0. The van der Waals surface area contributed by atoms with E-state index in [0.717, 1.165) is 0 Å². The maximum atomic E-state index is 11.3. The van der Waals surface area contributed by atoms with Gasteiger partial charge in [-0.3, -0.25) is 19.2 Å². The van der Waals surface area contributed by atoms with E-state index in [9.17, 15) is 14.4 Å². The molecule has 0 aliphatic heterocycles. The normalized spacial score (nSPS) is 9.88. The van der Waals surface area contributed by atoms with Gasteiger partial charge in [0.1, 0.15) is 0 Å². The summed E-state index contributed by atoms with van der Waals surface area (Å²) in [6, 6.07) is 4.72. The lowest BCUT2D eigenvalue weighted by molar-refractivity contribution is -0.138. The maximum absolute atomic E-state index is 11.3. The number of hydrogen-bond acceptors (Lipinski definition) is 4. The second-order valence-corrected chi connectivity index (χ2v) is 3.26. The number of hydrogen-bond donors (Lipinski definition) is 2. The largest absolute Gasteiger partial charge is 0.368 e. The summed E-state index contributed by atoms with van der Waals surface area (Å²) < 4.78 is 1.40. The van der Waals surface area contributed by atoms with Gasteiger partial charge in [-0.15, -0.1) is 0 Å². The van der Waals surface area contributed by atoms with Crippen LogP contribution in [0.1, 0.15) is 6.42 Å². The number of amides is 2. The molecule has 0 fully saturated rings. The van der Waals surface area contributed by atoms with Crippen LogP contribution in [0.2, 0.25) is 0 Å². The van der Waals surface area contributed by atoms with Crippen molar-refractivity contribution in [3.05, 3.63) is 34.7 Å². The molecule has 17 heavy (non-hydrogen) atoms. The fraction of sp³-hybridized carbons (Fsp3) is 0.300. The Balaban J connectivity index is 2.31. The first-order valence-electron chi connectivity index (χ1n) is 4.94. The number of carbonyl (C=O) groups is 2. The summed E-state index contributed by atoms with van der Waals surface area (Å²) in [5.41, 5.74) is 6.67. The molecule has 0 saturated carbocycles. The number of primary amides is 1. The summed E-state index contributed by atoms with van der Waals surface area (Å²) in [6.45, 7) is -0.136. The number of rotatable bonds is 6. The van der Waals surface area contributed by atoms with Gasteiger partial charge in [-0.1, -0.05) is 6.07 Å². The number of aryl methyl sites for hydroxylation is 1. The van der Waals surface area contributed by atoms with Gasteiger partial charge in [-0.2, -0.15) is 0 Å². The SMILES string of the molecule is NC(=O)CONC(=O)CCn1ccccc1=O. The third-order valence-electron chi connectivity index (χ3n) is 1.88. The van der Waals surface area contributed by atoms with Crippen molar-refractivity contribution in [3.63, 3.8) is 0 Å². The molecular formula is C10H13N3O4. The number of nitrogens with one attached hydrogen (secondary N) is 1. The molecular weight excluding hydrogens is 226 g/mol. The van der Waals surface area contributed by atoms with Crippen LogP contribution in [0, 0.1) is 0 Å². The number of carbonyl (C=O) groups excluding carboxylic acids is 2. The summed E-state index contributed by atoms with van der Waals surface area (Å²) in [6.07, 6.45) is 1.66. The first-order chi connectivity index (χ1) is 8.09. The van der Waals surface area contributed by atoms with Gasteiger partial charge < -0.3 is 10.3 Å². The van der Waals surface area contributed by atoms with E-state index in [4.69, 9.17) is 5.73 Å². The monoisotopic (exact) mass is 239 g/mol. The van der Waals surface area contributed by atoms with Crippen LogP contribution >= 0.6 is 0 Å². The average molecular weight is 239 g/mol. The fourth-order valence-corrected chi connectivity index (χ4v) is 1.11. The minimum absolute atomic E-state index is 0.0721. The average Bonchev–Trinajstić information content (AvgIpc) is 2.27. The molecule has 92 valence electrons. The quantitative estimate of drug-likeness (QED) is 0.606. The van der Waals surface area contributed by atoms with E-state index in [1.807, 2.05) is 5.48 Å². The molecule has 1 aromatic rings. The van der Waals surface area contributed by atoms with E-state index in [2.05, 4.69) is 4.84 Å². The van der Waals surface area contributed by atoms with E-state index in [1.54, 1.807) is 18.3 Å². The van der Waals surface area contributed by atoms with E-state index in [1.165, 1.54) is 10.6 Å². The third kappa shape index (κ3) is 4.94. The fourth-order valence-electron chi connectivity index (χ4n) is 1.11. The van der Waals surface area contributed by atoms with Crippen LogP contribution in [0.4, 0.5) is 0 Å². The van der Waals surface area contributed by atoms with Crippen molar-refractivity contribution in [2.75, 3.05) is 6.61 Å². The van der Waals surface area contributed by atoms with Crippen LogP contribution in [-0.4, -0.2) is 23.0 Å². The Hall–Kier alpha value is -2.15. The second kappa shape index (κ2) is 6.44. The van der Waals surface area contributed by atoms with Crippen molar-refractivity contribution in [3.8, 4) is 0 Å². The molecule has 7 nitrogen and oxygen atoms in total. The second-order valence-electron chi connectivity index (χ2n) is 3.26. The lowest BCUT2D eigenvalue weighted by Gasteiger charge is -2.05. The number of hydroxylamine groups is 1. The first-order valence-corrected chi connectivity index (χ1v) is 4.94. The number of nitrogens with two attached hydrogens (primary N) is 1. The van der Waals surface area contributed by atoms with E-state index in [0.29, 0.717) is 0 Å². The predicted octanol–water partition coefficient (Wildman–Crippen LogP) is -1.23. The van der Waals surface area contributed by atoms with Gasteiger partial charge in [-0.25, -0.2) is 5.48 Å². The van der Waals surface area contributed by atoms with E-state index < -0.39 is 11.8 Å². The van der Waals surface area contributed by atoms with Crippen LogP contribution in [0.5, 0.6) is 0 Å². The molecule has 2 amide bonds. The molecule has 1 heterocycles. The first kappa shape index (κ1) is 12.9. The maximum Gasteiger partial charge on any atom is 0.250 e. The van der Waals surface area contributed by atoms with Gasteiger partial charge in [-0.05, 0) is 6.07 Å². The topological polar surface area (TPSA) is 103 Å². The molecule has 0 spiro atoms. The van der Waals surface area contributed by atoms with Crippen molar-refractivity contribution in [1.29, 1.82) is 0 Å². The zero-order chi connectivity index (χ0) is 12.7. The molecule has 0 bridgehead atoms. The number of pyridine rings is 1. The Labute approximate surface area is 97.1 Å².